The molecule has 66 valence electrons. The van der Waals surface area contributed by atoms with E-state index in [1.807, 2.05) is 0 Å². The Morgan fingerprint density at radius 2 is 2.50 bits per heavy atom. The van der Waals surface area contributed by atoms with Crippen LogP contribution in [-0.2, 0) is 5.75 Å². The lowest BCUT2D eigenvalue weighted by molar-refractivity contribution is 0.697. The van der Waals surface area contributed by atoms with Gasteiger partial charge >= 0.3 is 0 Å². The lowest BCUT2D eigenvalue weighted by Gasteiger charge is -2.01. The molecule has 0 unspecified atom stereocenters. The number of aromatic amines is 1. The zero-order valence-corrected chi connectivity index (χ0v) is 8.54. The molecule has 1 saturated carbocycles. The summed E-state index contributed by atoms with van der Waals surface area (Å²) in [5.41, 5.74) is 0. The number of thioether (sulfide) groups is 1. The molecule has 1 heterocycles. The molecule has 3 nitrogen and oxygen atoms in total. The highest BCUT2D eigenvalue weighted by Crippen LogP contribution is 2.36. The van der Waals surface area contributed by atoms with E-state index in [4.69, 9.17) is 12.2 Å². The van der Waals surface area contributed by atoms with E-state index in [0.29, 0.717) is 6.04 Å². The van der Waals surface area contributed by atoms with Crippen LogP contribution < -0.4 is 0 Å². The summed E-state index contributed by atoms with van der Waals surface area (Å²) in [4.78, 5) is 0. The summed E-state index contributed by atoms with van der Waals surface area (Å²) < 4.78 is 2.94. The van der Waals surface area contributed by atoms with Crippen molar-refractivity contribution < 1.29 is 0 Å². The van der Waals surface area contributed by atoms with Crippen LogP contribution in [0.3, 0.4) is 0 Å². The fraction of sp³-hybridized carbons (Fsp3) is 0.714. The van der Waals surface area contributed by atoms with Crippen molar-refractivity contribution in [1.82, 2.24) is 14.8 Å². The Bertz CT molecular complexity index is 324. The molecule has 0 radical (unpaired) electrons. The number of hydrogen-bond donors (Lipinski definition) is 1. The molecular weight excluding hydrogens is 190 g/mol. The van der Waals surface area contributed by atoms with Crippen LogP contribution in [0.1, 0.15) is 24.7 Å². The van der Waals surface area contributed by atoms with E-state index in [1.54, 1.807) is 11.8 Å². The summed E-state index contributed by atoms with van der Waals surface area (Å²) in [5.74, 6) is 2.04. The Labute approximate surface area is 80.6 Å². The molecule has 0 aliphatic heterocycles. The summed E-state index contributed by atoms with van der Waals surface area (Å²) in [6.07, 6.45) is 4.60. The number of nitrogens with zero attached hydrogens (tertiary/aromatic N) is 2. The fourth-order valence-corrected chi connectivity index (χ4v) is 2.04. The van der Waals surface area contributed by atoms with E-state index < -0.39 is 0 Å². The van der Waals surface area contributed by atoms with E-state index >= 15 is 0 Å². The number of H-pyrrole nitrogens is 1. The second-order valence-electron chi connectivity index (χ2n) is 2.98. The molecule has 12 heavy (non-hydrogen) atoms. The van der Waals surface area contributed by atoms with E-state index in [1.165, 1.54) is 12.8 Å². The Hall–Kier alpha value is -0.290. The van der Waals surface area contributed by atoms with Crippen LogP contribution in [0.25, 0.3) is 0 Å². The van der Waals surface area contributed by atoms with Gasteiger partial charge in [-0.2, -0.15) is 16.9 Å². The monoisotopic (exact) mass is 201 g/mol. The Kier molecular flexibility index (Phi) is 2.23. The minimum Gasteiger partial charge on any atom is -0.300 e. The highest BCUT2D eigenvalue weighted by Gasteiger charge is 2.26. The SMILES string of the molecule is CSCc1n[nH]c(=S)n1C1CC1. The predicted octanol–water partition coefficient (Wildman–Crippen LogP) is 2.14. The van der Waals surface area contributed by atoms with Crippen molar-refractivity contribution in [3.8, 4) is 0 Å². The molecular formula is C7H11N3S2. The van der Waals surface area contributed by atoms with Crippen molar-refractivity contribution in [2.24, 2.45) is 0 Å². The van der Waals surface area contributed by atoms with Gasteiger partial charge in [-0.15, -0.1) is 0 Å². The second kappa shape index (κ2) is 3.22. The molecule has 0 saturated heterocycles. The quantitative estimate of drug-likeness (QED) is 0.761. The van der Waals surface area contributed by atoms with Gasteiger partial charge in [0.05, 0.1) is 5.75 Å². The zero-order valence-electron chi connectivity index (χ0n) is 6.91. The highest BCUT2D eigenvalue weighted by molar-refractivity contribution is 7.97. The minimum absolute atomic E-state index is 0.637. The van der Waals surface area contributed by atoms with Crippen LogP contribution in [0.2, 0.25) is 0 Å². The third kappa shape index (κ3) is 1.43. The third-order valence-electron chi connectivity index (χ3n) is 1.96. The molecule has 1 aliphatic rings. The third-order valence-corrected chi connectivity index (χ3v) is 2.80. The van der Waals surface area contributed by atoms with Crippen molar-refractivity contribution >= 4 is 24.0 Å². The van der Waals surface area contributed by atoms with Crippen LogP contribution in [0, 0.1) is 4.77 Å². The van der Waals surface area contributed by atoms with E-state index in [-0.39, 0.29) is 0 Å². The molecule has 1 aromatic heterocycles. The first-order valence-corrected chi connectivity index (χ1v) is 5.78. The number of aromatic nitrogens is 3. The minimum atomic E-state index is 0.637. The second-order valence-corrected chi connectivity index (χ2v) is 4.23. The molecule has 0 spiro atoms. The highest BCUT2D eigenvalue weighted by atomic mass is 32.2. The van der Waals surface area contributed by atoms with E-state index in [9.17, 15) is 0 Å². The van der Waals surface area contributed by atoms with E-state index in [2.05, 4.69) is 21.0 Å². The van der Waals surface area contributed by atoms with Gasteiger partial charge in [0.15, 0.2) is 4.77 Å². The van der Waals surface area contributed by atoms with Gasteiger partial charge in [-0.1, -0.05) is 0 Å². The largest absolute Gasteiger partial charge is 0.300 e. The van der Waals surface area contributed by atoms with Gasteiger partial charge in [0, 0.05) is 6.04 Å². The summed E-state index contributed by atoms with van der Waals surface area (Å²) in [6.45, 7) is 0. The molecule has 2 rings (SSSR count). The number of rotatable bonds is 3. The first kappa shape index (κ1) is 8.31. The normalized spacial score (nSPS) is 16.8. The summed E-state index contributed by atoms with van der Waals surface area (Å²) >= 11 is 6.92. The topological polar surface area (TPSA) is 33.6 Å². The van der Waals surface area contributed by atoms with Gasteiger partial charge in [-0.25, -0.2) is 0 Å². The van der Waals surface area contributed by atoms with Crippen molar-refractivity contribution in [3.05, 3.63) is 10.6 Å². The van der Waals surface area contributed by atoms with Crippen LogP contribution >= 0.6 is 24.0 Å². The Balaban J connectivity index is 2.33. The Morgan fingerprint density at radius 1 is 1.75 bits per heavy atom. The molecule has 1 aromatic rings. The molecule has 0 aromatic carbocycles. The zero-order chi connectivity index (χ0) is 8.55. The fourth-order valence-electron chi connectivity index (χ4n) is 1.28. The Morgan fingerprint density at radius 3 is 3.08 bits per heavy atom. The number of hydrogen-bond acceptors (Lipinski definition) is 3. The summed E-state index contributed by atoms with van der Waals surface area (Å²) in [6, 6.07) is 0.637. The molecule has 5 heteroatoms. The molecule has 1 fully saturated rings. The average Bonchev–Trinajstić information content (AvgIpc) is 2.80. The smallest absolute Gasteiger partial charge is 0.195 e. The van der Waals surface area contributed by atoms with Crippen LogP contribution in [-0.4, -0.2) is 21.0 Å². The van der Waals surface area contributed by atoms with E-state index in [0.717, 1.165) is 16.3 Å². The molecule has 0 bridgehead atoms. The van der Waals surface area contributed by atoms with Gasteiger partial charge in [-0.05, 0) is 31.3 Å². The maximum absolute atomic E-state index is 5.14. The lowest BCUT2D eigenvalue weighted by Crippen LogP contribution is -1.99. The van der Waals surface area contributed by atoms with Gasteiger partial charge in [0.2, 0.25) is 0 Å². The molecule has 0 amide bonds. The molecule has 1 aliphatic carbocycles. The van der Waals surface area contributed by atoms with Gasteiger partial charge < -0.3 is 4.57 Å². The number of nitrogens with one attached hydrogen (secondary N) is 1. The standard InChI is InChI=1S/C7H11N3S2/c1-12-4-6-8-9-7(11)10(6)5-2-3-5/h5H,2-4H2,1H3,(H,9,11). The maximum Gasteiger partial charge on any atom is 0.195 e. The van der Waals surface area contributed by atoms with Crippen molar-refractivity contribution in [3.63, 3.8) is 0 Å². The van der Waals surface area contributed by atoms with Crippen LogP contribution in [0.15, 0.2) is 0 Å². The summed E-state index contributed by atoms with van der Waals surface area (Å²) in [7, 11) is 0. The first-order chi connectivity index (χ1) is 5.83. The summed E-state index contributed by atoms with van der Waals surface area (Å²) in [5, 5.41) is 7.04. The predicted molar refractivity (Wildman–Crippen MR) is 52.9 cm³/mol. The maximum atomic E-state index is 5.14. The molecule has 1 N–H and O–H groups in total. The van der Waals surface area contributed by atoms with Gasteiger partial charge in [0.25, 0.3) is 0 Å². The van der Waals surface area contributed by atoms with Crippen molar-refractivity contribution in [2.75, 3.05) is 6.26 Å². The first-order valence-electron chi connectivity index (χ1n) is 3.97. The van der Waals surface area contributed by atoms with Crippen molar-refractivity contribution in [2.45, 2.75) is 24.6 Å². The van der Waals surface area contributed by atoms with Crippen molar-refractivity contribution in [1.29, 1.82) is 0 Å². The lowest BCUT2D eigenvalue weighted by atomic mass is 10.6. The molecule has 0 atom stereocenters. The van der Waals surface area contributed by atoms with Crippen LogP contribution in [0.5, 0.6) is 0 Å². The van der Waals surface area contributed by atoms with Gasteiger partial charge in [-0.3, -0.25) is 5.10 Å². The van der Waals surface area contributed by atoms with Gasteiger partial charge in [0.1, 0.15) is 5.82 Å². The average molecular weight is 201 g/mol. The van der Waals surface area contributed by atoms with Crippen LogP contribution in [0.4, 0.5) is 0 Å².